The molecule has 6 nitrogen and oxygen atoms in total. The van der Waals surface area contributed by atoms with Crippen molar-refractivity contribution >= 4 is 6.03 Å². The summed E-state index contributed by atoms with van der Waals surface area (Å²) in [7, 11) is 1.64. The molecule has 1 N–H and O–H groups in total. The summed E-state index contributed by atoms with van der Waals surface area (Å²) in [5.74, 6) is 0.803. The Bertz CT molecular complexity index is 596. The molecule has 0 radical (unpaired) electrons. The molecule has 0 bridgehead atoms. The molecule has 1 aromatic carbocycles. The first-order valence-corrected chi connectivity index (χ1v) is 7.05. The second-order valence-corrected chi connectivity index (χ2v) is 5.41. The second-order valence-electron chi connectivity index (χ2n) is 5.41. The number of carbonyl (C=O) groups excluding carboxylic acids is 1. The fraction of sp³-hybridized carbons (Fsp3) is 0.467. The predicted molar refractivity (Wildman–Crippen MR) is 76.9 cm³/mol. The Labute approximate surface area is 123 Å². The zero-order valence-corrected chi connectivity index (χ0v) is 12.0. The maximum Gasteiger partial charge on any atom is 0.317 e. The molecule has 110 valence electrons. The van der Waals surface area contributed by atoms with Gasteiger partial charge in [-0.3, -0.25) is 4.90 Å². The number of hydrogen-bond donors (Lipinski definition) is 1. The average Bonchev–Trinajstić information content (AvgIpc) is 2.88. The Morgan fingerprint density at radius 1 is 1.48 bits per heavy atom. The normalized spacial score (nSPS) is 21.6. The van der Waals surface area contributed by atoms with Gasteiger partial charge in [-0.1, -0.05) is 0 Å². The van der Waals surface area contributed by atoms with Crippen molar-refractivity contribution in [3.63, 3.8) is 0 Å². The quantitative estimate of drug-likeness (QED) is 0.891. The molecule has 2 saturated heterocycles. The second kappa shape index (κ2) is 5.62. The third-order valence-corrected chi connectivity index (χ3v) is 4.12. The van der Waals surface area contributed by atoms with Gasteiger partial charge >= 0.3 is 6.03 Å². The molecular weight excluding hydrogens is 268 g/mol. The molecule has 0 spiro atoms. The number of methoxy groups -OCH3 is 1. The van der Waals surface area contributed by atoms with E-state index in [1.807, 2.05) is 17.0 Å². The number of nitrogens with one attached hydrogen (secondary N) is 1. The van der Waals surface area contributed by atoms with Gasteiger partial charge in [-0.15, -0.1) is 0 Å². The van der Waals surface area contributed by atoms with Crippen LogP contribution in [0.15, 0.2) is 18.2 Å². The van der Waals surface area contributed by atoms with E-state index in [-0.39, 0.29) is 12.1 Å². The molecule has 1 atom stereocenters. The molecule has 6 heteroatoms. The van der Waals surface area contributed by atoms with Crippen LogP contribution in [0.25, 0.3) is 0 Å². The van der Waals surface area contributed by atoms with Crippen molar-refractivity contribution in [2.45, 2.75) is 12.6 Å². The summed E-state index contributed by atoms with van der Waals surface area (Å²) in [4.78, 5) is 15.8. The molecule has 2 heterocycles. The van der Waals surface area contributed by atoms with Gasteiger partial charge in [-0.05, 0) is 18.2 Å². The van der Waals surface area contributed by atoms with E-state index in [0.29, 0.717) is 12.1 Å². The minimum absolute atomic E-state index is 0.0451. The standard InChI is InChI=1S/C15H18N4O2/c1-21-14-3-2-11(7-16)6-12(14)9-18-4-5-19-13(10-18)8-17-15(19)20/h2-3,6,13H,4-5,8-10H2,1H3,(H,17,20). The lowest BCUT2D eigenvalue weighted by Crippen LogP contribution is -2.51. The number of nitriles is 1. The SMILES string of the molecule is COc1ccc(C#N)cc1CN1CCN2C(=O)NCC2C1. The minimum Gasteiger partial charge on any atom is -0.496 e. The Kier molecular flexibility index (Phi) is 3.67. The Balaban J connectivity index is 1.72. The maximum absolute atomic E-state index is 11.6. The fourth-order valence-electron chi connectivity index (χ4n) is 3.02. The van der Waals surface area contributed by atoms with Crippen LogP contribution >= 0.6 is 0 Å². The van der Waals surface area contributed by atoms with E-state index in [2.05, 4.69) is 16.3 Å². The number of ether oxygens (including phenoxy) is 1. The number of nitrogens with zero attached hydrogens (tertiary/aromatic N) is 3. The highest BCUT2D eigenvalue weighted by Crippen LogP contribution is 2.23. The number of rotatable bonds is 3. The summed E-state index contributed by atoms with van der Waals surface area (Å²) in [5, 5.41) is 11.9. The van der Waals surface area contributed by atoms with Crippen LogP contribution in [0.4, 0.5) is 4.79 Å². The number of amides is 2. The third-order valence-electron chi connectivity index (χ3n) is 4.12. The number of benzene rings is 1. The highest BCUT2D eigenvalue weighted by atomic mass is 16.5. The Hall–Kier alpha value is -2.26. The van der Waals surface area contributed by atoms with Gasteiger partial charge in [0.2, 0.25) is 0 Å². The largest absolute Gasteiger partial charge is 0.496 e. The zero-order chi connectivity index (χ0) is 14.8. The van der Waals surface area contributed by atoms with Crippen LogP contribution in [0.1, 0.15) is 11.1 Å². The molecule has 0 aromatic heterocycles. The fourth-order valence-corrected chi connectivity index (χ4v) is 3.02. The number of carbonyl (C=O) groups is 1. The van der Waals surface area contributed by atoms with E-state index in [9.17, 15) is 4.79 Å². The number of urea groups is 1. The summed E-state index contributed by atoms with van der Waals surface area (Å²) < 4.78 is 5.38. The lowest BCUT2D eigenvalue weighted by Gasteiger charge is -2.36. The van der Waals surface area contributed by atoms with Gasteiger partial charge in [0.25, 0.3) is 0 Å². The number of hydrogen-bond acceptors (Lipinski definition) is 4. The van der Waals surface area contributed by atoms with Gasteiger partial charge in [0.15, 0.2) is 0 Å². The van der Waals surface area contributed by atoms with Gasteiger partial charge in [0.1, 0.15) is 5.75 Å². The van der Waals surface area contributed by atoms with E-state index >= 15 is 0 Å². The van der Waals surface area contributed by atoms with E-state index < -0.39 is 0 Å². The first kappa shape index (κ1) is 13.7. The van der Waals surface area contributed by atoms with Gasteiger partial charge in [0, 0.05) is 38.3 Å². The lowest BCUT2D eigenvalue weighted by molar-refractivity contribution is 0.116. The first-order valence-electron chi connectivity index (χ1n) is 7.05. The summed E-state index contributed by atoms with van der Waals surface area (Å²) in [6, 6.07) is 7.93. The van der Waals surface area contributed by atoms with Crippen molar-refractivity contribution in [1.82, 2.24) is 15.1 Å². The van der Waals surface area contributed by atoms with Crippen molar-refractivity contribution < 1.29 is 9.53 Å². The van der Waals surface area contributed by atoms with E-state index in [0.717, 1.165) is 37.5 Å². The maximum atomic E-state index is 11.6. The zero-order valence-electron chi connectivity index (χ0n) is 12.0. The van der Waals surface area contributed by atoms with E-state index in [1.165, 1.54) is 0 Å². The summed E-state index contributed by atoms with van der Waals surface area (Å²) in [6.45, 7) is 3.88. The first-order chi connectivity index (χ1) is 10.2. The molecule has 3 rings (SSSR count). The molecule has 0 aliphatic carbocycles. The smallest absolute Gasteiger partial charge is 0.317 e. The molecule has 1 aromatic rings. The molecule has 2 fully saturated rings. The van der Waals surface area contributed by atoms with Crippen LogP contribution in [-0.4, -0.2) is 55.2 Å². The lowest BCUT2D eigenvalue weighted by atomic mass is 10.1. The Morgan fingerprint density at radius 2 is 2.33 bits per heavy atom. The summed E-state index contributed by atoms with van der Waals surface area (Å²) in [6.07, 6.45) is 0. The van der Waals surface area contributed by atoms with Crippen LogP contribution in [0.3, 0.4) is 0 Å². The van der Waals surface area contributed by atoms with Gasteiger partial charge < -0.3 is 15.0 Å². The average molecular weight is 286 g/mol. The van der Waals surface area contributed by atoms with Crippen LogP contribution in [0, 0.1) is 11.3 Å². The van der Waals surface area contributed by atoms with Crippen LogP contribution < -0.4 is 10.1 Å². The van der Waals surface area contributed by atoms with Crippen molar-refractivity contribution in [3.05, 3.63) is 29.3 Å². The topological polar surface area (TPSA) is 68.6 Å². The molecule has 2 amide bonds. The molecular formula is C15H18N4O2. The summed E-state index contributed by atoms with van der Waals surface area (Å²) in [5.41, 5.74) is 1.66. The van der Waals surface area contributed by atoms with E-state index in [4.69, 9.17) is 10.00 Å². The Morgan fingerprint density at radius 3 is 3.10 bits per heavy atom. The van der Waals surface area contributed by atoms with Crippen LogP contribution in [-0.2, 0) is 6.54 Å². The minimum atomic E-state index is 0.0451. The monoisotopic (exact) mass is 286 g/mol. The highest BCUT2D eigenvalue weighted by molar-refractivity contribution is 5.77. The third kappa shape index (κ3) is 2.65. The van der Waals surface area contributed by atoms with E-state index in [1.54, 1.807) is 13.2 Å². The molecule has 1 unspecified atom stereocenters. The van der Waals surface area contributed by atoms with Crippen molar-refractivity contribution in [2.24, 2.45) is 0 Å². The van der Waals surface area contributed by atoms with Crippen molar-refractivity contribution in [2.75, 3.05) is 33.3 Å². The highest BCUT2D eigenvalue weighted by Gasteiger charge is 2.35. The molecule has 0 saturated carbocycles. The van der Waals surface area contributed by atoms with Gasteiger partial charge in [-0.2, -0.15) is 5.26 Å². The van der Waals surface area contributed by atoms with Crippen LogP contribution in [0.2, 0.25) is 0 Å². The number of piperazine rings is 1. The molecule has 2 aliphatic rings. The van der Waals surface area contributed by atoms with Crippen molar-refractivity contribution in [3.8, 4) is 11.8 Å². The molecule has 2 aliphatic heterocycles. The van der Waals surface area contributed by atoms with Gasteiger partial charge in [0.05, 0.1) is 24.8 Å². The predicted octanol–water partition coefficient (Wildman–Crippen LogP) is 0.776. The summed E-state index contributed by atoms with van der Waals surface area (Å²) >= 11 is 0. The number of fused-ring (bicyclic) bond motifs is 1. The molecule has 21 heavy (non-hydrogen) atoms. The van der Waals surface area contributed by atoms with Crippen LogP contribution in [0.5, 0.6) is 5.75 Å². The van der Waals surface area contributed by atoms with Gasteiger partial charge in [-0.25, -0.2) is 4.79 Å². The van der Waals surface area contributed by atoms with Crippen molar-refractivity contribution in [1.29, 1.82) is 5.26 Å².